The van der Waals surface area contributed by atoms with E-state index < -0.39 is 10.0 Å². The number of amides is 1. The van der Waals surface area contributed by atoms with Crippen molar-refractivity contribution in [3.8, 4) is 0 Å². The van der Waals surface area contributed by atoms with E-state index in [0.717, 1.165) is 35.0 Å². The molecule has 1 N–H and O–H groups in total. The minimum atomic E-state index is -3.47. The highest BCUT2D eigenvalue weighted by Gasteiger charge is 2.27. The molecule has 1 fully saturated rings. The van der Waals surface area contributed by atoms with E-state index in [1.54, 1.807) is 12.1 Å². The van der Waals surface area contributed by atoms with Crippen molar-refractivity contribution in [2.24, 2.45) is 0 Å². The van der Waals surface area contributed by atoms with Gasteiger partial charge in [0, 0.05) is 24.2 Å². The first kappa shape index (κ1) is 21.9. The minimum absolute atomic E-state index is 0.150. The van der Waals surface area contributed by atoms with Gasteiger partial charge in [0.15, 0.2) is 10.8 Å². The van der Waals surface area contributed by atoms with Crippen molar-refractivity contribution in [2.45, 2.75) is 29.8 Å². The van der Waals surface area contributed by atoms with Crippen LogP contribution in [0.3, 0.4) is 0 Å². The molecule has 0 unspecified atom stereocenters. The van der Waals surface area contributed by atoms with Crippen LogP contribution in [0.4, 0.5) is 5.69 Å². The van der Waals surface area contributed by atoms with E-state index in [9.17, 15) is 13.2 Å². The average molecular weight is 482 g/mol. The fourth-order valence-electron chi connectivity index (χ4n) is 4.08. The van der Waals surface area contributed by atoms with E-state index in [4.69, 9.17) is 0 Å². The number of hydrogen-bond acceptors (Lipinski definition) is 6. The van der Waals surface area contributed by atoms with E-state index >= 15 is 0 Å². The molecule has 0 atom stereocenters. The number of nitrogens with zero attached hydrogens (tertiary/aromatic N) is 4. The molecular formula is C23H23N5O3S2. The molecular weight excluding hydrogens is 458 g/mol. The Morgan fingerprint density at radius 2 is 1.79 bits per heavy atom. The largest absolute Gasteiger partial charge is 0.325 e. The maximum Gasteiger partial charge on any atom is 0.243 e. The smallest absolute Gasteiger partial charge is 0.243 e. The summed E-state index contributed by atoms with van der Waals surface area (Å²) >= 11 is 1.30. The predicted octanol–water partition coefficient (Wildman–Crippen LogP) is 3.71. The summed E-state index contributed by atoms with van der Waals surface area (Å²) in [6.45, 7) is 3.16. The van der Waals surface area contributed by atoms with Crippen molar-refractivity contribution < 1.29 is 13.2 Å². The number of aromatic nitrogens is 3. The summed E-state index contributed by atoms with van der Waals surface area (Å²) in [5.74, 6) is -0.0556. The van der Waals surface area contributed by atoms with Crippen LogP contribution in [0.5, 0.6) is 0 Å². The van der Waals surface area contributed by atoms with Gasteiger partial charge in [-0.2, -0.15) is 4.31 Å². The van der Waals surface area contributed by atoms with Crippen molar-refractivity contribution in [1.82, 2.24) is 18.9 Å². The van der Waals surface area contributed by atoms with Gasteiger partial charge in [-0.25, -0.2) is 8.42 Å². The molecule has 5 rings (SSSR count). The molecule has 0 spiro atoms. The number of anilines is 1. The number of carbonyl (C=O) groups is 1. The van der Waals surface area contributed by atoms with Crippen molar-refractivity contribution in [1.29, 1.82) is 0 Å². The summed E-state index contributed by atoms with van der Waals surface area (Å²) in [6.07, 6.45) is 1.78. The Kier molecular flexibility index (Phi) is 5.81. The summed E-state index contributed by atoms with van der Waals surface area (Å²) in [6, 6.07) is 16.3. The Balaban J connectivity index is 1.28. The van der Waals surface area contributed by atoms with Gasteiger partial charge in [-0.05, 0) is 61.7 Å². The molecule has 1 saturated heterocycles. The van der Waals surface area contributed by atoms with Crippen LogP contribution < -0.4 is 5.32 Å². The number of hydrogen-bond donors (Lipinski definition) is 1. The first-order chi connectivity index (χ1) is 15.9. The fraction of sp³-hybridized carbons (Fsp3) is 0.261. The normalized spacial score (nSPS) is 14.8. The maximum atomic E-state index is 12.6. The lowest BCUT2D eigenvalue weighted by Gasteiger charge is -2.15. The second kappa shape index (κ2) is 8.77. The van der Waals surface area contributed by atoms with Gasteiger partial charge in [-0.3, -0.25) is 9.20 Å². The Bertz CT molecular complexity index is 1440. The van der Waals surface area contributed by atoms with Crippen LogP contribution in [0.25, 0.3) is 16.6 Å². The molecule has 0 aliphatic carbocycles. The topological polar surface area (TPSA) is 96.7 Å². The highest BCUT2D eigenvalue weighted by Crippen LogP contribution is 2.26. The number of fused-ring (bicyclic) bond motifs is 3. The molecule has 0 saturated carbocycles. The number of carbonyl (C=O) groups excluding carboxylic acids is 1. The molecule has 2 aromatic carbocycles. The summed E-state index contributed by atoms with van der Waals surface area (Å²) < 4.78 is 28.7. The Morgan fingerprint density at radius 3 is 2.55 bits per heavy atom. The third kappa shape index (κ3) is 4.21. The van der Waals surface area contributed by atoms with Crippen molar-refractivity contribution >= 4 is 49.9 Å². The predicted molar refractivity (Wildman–Crippen MR) is 129 cm³/mol. The van der Waals surface area contributed by atoms with Crippen LogP contribution in [0.15, 0.2) is 64.6 Å². The number of pyridine rings is 1. The quantitative estimate of drug-likeness (QED) is 0.422. The van der Waals surface area contributed by atoms with Gasteiger partial charge >= 0.3 is 0 Å². The van der Waals surface area contributed by atoms with Crippen LogP contribution in [-0.2, 0) is 14.8 Å². The van der Waals surface area contributed by atoms with E-state index in [1.165, 1.54) is 28.2 Å². The van der Waals surface area contributed by atoms with Crippen molar-refractivity contribution in [2.75, 3.05) is 24.2 Å². The van der Waals surface area contributed by atoms with E-state index in [0.29, 0.717) is 23.9 Å². The van der Waals surface area contributed by atoms with Gasteiger partial charge in [-0.15, -0.1) is 10.2 Å². The maximum absolute atomic E-state index is 12.6. The monoisotopic (exact) mass is 481 g/mol. The standard InChI is InChI=1S/C23H23N5O3S2/c1-16-14-21-25-26-23(28(21)20-7-3-2-6-19(16)20)32-15-22(29)24-17-8-10-18(11-9-17)33(30,31)27-12-4-5-13-27/h2-3,6-11,14H,4-5,12-13,15H2,1H3,(H,24,29). The Hall–Kier alpha value is -2.95. The zero-order valence-corrected chi connectivity index (χ0v) is 19.7. The van der Waals surface area contributed by atoms with Gasteiger partial charge in [0.2, 0.25) is 15.9 Å². The van der Waals surface area contributed by atoms with E-state index in [1.807, 2.05) is 35.6 Å². The molecule has 1 aliphatic heterocycles. The van der Waals surface area contributed by atoms with Gasteiger partial charge in [0.1, 0.15) is 0 Å². The van der Waals surface area contributed by atoms with Crippen LogP contribution >= 0.6 is 11.8 Å². The number of aryl methyl sites for hydroxylation is 1. The lowest BCUT2D eigenvalue weighted by Crippen LogP contribution is -2.27. The molecule has 170 valence electrons. The van der Waals surface area contributed by atoms with E-state index in [-0.39, 0.29) is 16.6 Å². The molecule has 2 aromatic heterocycles. The summed E-state index contributed by atoms with van der Waals surface area (Å²) in [5, 5.41) is 13.1. The van der Waals surface area contributed by atoms with Gasteiger partial charge in [-0.1, -0.05) is 30.0 Å². The summed E-state index contributed by atoms with van der Waals surface area (Å²) in [4.78, 5) is 12.8. The first-order valence-corrected chi connectivity index (χ1v) is 13.1. The van der Waals surface area contributed by atoms with E-state index in [2.05, 4.69) is 21.6 Å². The van der Waals surface area contributed by atoms with Gasteiger partial charge in [0.25, 0.3) is 0 Å². The number of rotatable bonds is 6. The van der Waals surface area contributed by atoms with Gasteiger partial charge in [0.05, 0.1) is 16.2 Å². The summed E-state index contributed by atoms with van der Waals surface area (Å²) in [5.41, 5.74) is 3.40. The fourth-order valence-corrected chi connectivity index (χ4v) is 6.35. The van der Waals surface area contributed by atoms with Crippen LogP contribution in [-0.4, -0.2) is 52.1 Å². The zero-order valence-electron chi connectivity index (χ0n) is 18.1. The third-order valence-corrected chi connectivity index (χ3v) is 8.59. The van der Waals surface area contributed by atoms with Crippen LogP contribution in [0, 0.1) is 6.92 Å². The molecule has 33 heavy (non-hydrogen) atoms. The molecule has 3 heterocycles. The van der Waals surface area contributed by atoms with Crippen molar-refractivity contribution in [3.63, 3.8) is 0 Å². The summed E-state index contributed by atoms with van der Waals surface area (Å²) in [7, 11) is -3.47. The molecule has 8 nitrogen and oxygen atoms in total. The van der Waals surface area contributed by atoms with Gasteiger partial charge < -0.3 is 5.32 Å². The lowest BCUT2D eigenvalue weighted by atomic mass is 10.1. The first-order valence-electron chi connectivity index (χ1n) is 10.7. The average Bonchev–Trinajstić information content (AvgIpc) is 3.49. The minimum Gasteiger partial charge on any atom is -0.325 e. The molecule has 4 aromatic rings. The van der Waals surface area contributed by atoms with Crippen LogP contribution in [0.2, 0.25) is 0 Å². The third-order valence-electron chi connectivity index (χ3n) is 5.75. The number of thioether (sulfide) groups is 1. The number of sulfonamides is 1. The highest BCUT2D eigenvalue weighted by molar-refractivity contribution is 7.99. The SMILES string of the molecule is Cc1cc2nnc(SCC(=O)Nc3ccc(S(=O)(=O)N4CCCC4)cc3)n2c2ccccc12. The molecule has 1 aliphatic rings. The molecule has 0 radical (unpaired) electrons. The zero-order chi connectivity index (χ0) is 23.0. The molecule has 1 amide bonds. The second-order valence-electron chi connectivity index (χ2n) is 7.99. The Labute approximate surface area is 196 Å². The van der Waals surface area contributed by atoms with Crippen molar-refractivity contribution in [3.05, 3.63) is 60.2 Å². The Morgan fingerprint density at radius 1 is 1.06 bits per heavy atom. The van der Waals surface area contributed by atoms with Crippen LogP contribution in [0.1, 0.15) is 18.4 Å². The number of benzene rings is 2. The number of nitrogens with one attached hydrogen (secondary N) is 1. The highest BCUT2D eigenvalue weighted by atomic mass is 32.2. The number of para-hydroxylation sites is 1. The lowest BCUT2D eigenvalue weighted by molar-refractivity contribution is -0.113. The molecule has 10 heteroatoms. The molecule has 0 bridgehead atoms. The second-order valence-corrected chi connectivity index (χ2v) is 10.9.